The van der Waals surface area contributed by atoms with Crippen molar-refractivity contribution in [3.8, 4) is 11.5 Å². The summed E-state index contributed by atoms with van der Waals surface area (Å²) in [6, 6.07) is 11.3. The topological polar surface area (TPSA) is 47.6 Å². The van der Waals surface area contributed by atoms with Crippen molar-refractivity contribution < 1.29 is 14.3 Å². The molecule has 4 nitrogen and oxygen atoms in total. The van der Waals surface area contributed by atoms with Gasteiger partial charge in [0.25, 0.3) is 0 Å². The zero-order valence-corrected chi connectivity index (χ0v) is 17.0. The van der Waals surface area contributed by atoms with Crippen molar-refractivity contribution in [1.29, 1.82) is 0 Å². The summed E-state index contributed by atoms with van der Waals surface area (Å²) >= 11 is 13.4. The van der Waals surface area contributed by atoms with Crippen LogP contribution in [0.25, 0.3) is 0 Å². The average Bonchev–Trinajstić information content (AvgIpc) is 2.64. The SMILES string of the molecule is COc1ccc(CCNC(=O)CSCc2ccc(Cl)c(Cl)c2)cc1OC. The Kier molecular flexibility index (Phi) is 8.42. The fourth-order valence-corrected chi connectivity index (χ4v) is 3.45. The predicted molar refractivity (Wildman–Crippen MR) is 109 cm³/mol. The minimum Gasteiger partial charge on any atom is -0.493 e. The van der Waals surface area contributed by atoms with Crippen molar-refractivity contribution in [2.75, 3.05) is 26.5 Å². The third kappa shape index (κ3) is 6.31. The lowest BCUT2D eigenvalue weighted by Crippen LogP contribution is -2.27. The van der Waals surface area contributed by atoms with E-state index in [0.29, 0.717) is 39.6 Å². The second-order valence-electron chi connectivity index (χ2n) is 5.53. The number of ether oxygens (including phenoxy) is 2. The summed E-state index contributed by atoms with van der Waals surface area (Å²) in [7, 11) is 3.21. The van der Waals surface area contributed by atoms with Crippen LogP contribution in [0.2, 0.25) is 10.0 Å². The maximum Gasteiger partial charge on any atom is 0.230 e. The van der Waals surface area contributed by atoms with Crippen molar-refractivity contribution in [2.24, 2.45) is 0 Å². The molecule has 0 radical (unpaired) electrons. The summed E-state index contributed by atoms with van der Waals surface area (Å²) in [5.74, 6) is 2.50. The first-order chi connectivity index (χ1) is 12.5. The molecule has 0 atom stereocenters. The van der Waals surface area contributed by atoms with Crippen LogP contribution in [0.5, 0.6) is 11.5 Å². The number of halogens is 2. The van der Waals surface area contributed by atoms with Gasteiger partial charge < -0.3 is 14.8 Å². The molecule has 0 heterocycles. The Morgan fingerprint density at radius 2 is 1.73 bits per heavy atom. The molecule has 0 aliphatic heterocycles. The number of rotatable bonds is 9. The van der Waals surface area contributed by atoms with E-state index in [1.165, 1.54) is 11.8 Å². The van der Waals surface area contributed by atoms with E-state index in [1.54, 1.807) is 20.3 Å². The van der Waals surface area contributed by atoms with Crippen LogP contribution in [-0.2, 0) is 17.0 Å². The number of carbonyl (C=O) groups excluding carboxylic acids is 1. The molecular formula is C19H21Cl2NO3S. The average molecular weight is 414 g/mol. The first kappa shape index (κ1) is 20.7. The summed E-state index contributed by atoms with van der Waals surface area (Å²) in [5, 5.41) is 3.99. The number of methoxy groups -OCH3 is 2. The van der Waals surface area contributed by atoms with E-state index in [1.807, 2.05) is 30.3 Å². The quantitative estimate of drug-likeness (QED) is 0.652. The molecule has 2 aromatic carbocycles. The second-order valence-corrected chi connectivity index (χ2v) is 7.33. The van der Waals surface area contributed by atoms with Crippen LogP contribution >= 0.6 is 35.0 Å². The van der Waals surface area contributed by atoms with Gasteiger partial charge in [0.15, 0.2) is 11.5 Å². The van der Waals surface area contributed by atoms with Crippen molar-refractivity contribution >= 4 is 40.9 Å². The maximum absolute atomic E-state index is 11.9. The summed E-state index contributed by atoms with van der Waals surface area (Å²) in [6.07, 6.45) is 0.726. The van der Waals surface area contributed by atoms with Gasteiger partial charge in [-0.1, -0.05) is 35.3 Å². The second kappa shape index (κ2) is 10.6. The lowest BCUT2D eigenvalue weighted by molar-refractivity contribution is -0.118. The highest BCUT2D eigenvalue weighted by Crippen LogP contribution is 2.27. The van der Waals surface area contributed by atoms with Gasteiger partial charge in [-0.2, -0.15) is 0 Å². The summed E-state index contributed by atoms with van der Waals surface area (Å²) in [6.45, 7) is 0.571. The predicted octanol–water partition coefficient (Wildman–Crippen LogP) is 4.60. The fraction of sp³-hybridized carbons (Fsp3) is 0.316. The summed E-state index contributed by atoms with van der Waals surface area (Å²) < 4.78 is 10.5. The van der Waals surface area contributed by atoms with Crippen LogP contribution in [-0.4, -0.2) is 32.4 Å². The van der Waals surface area contributed by atoms with Gasteiger partial charge in [0.1, 0.15) is 0 Å². The number of carbonyl (C=O) groups is 1. The lowest BCUT2D eigenvalue weighted by Gasteiger charge is -2.10. The zero-order valence-electron chi connectivity index (χ0n) is 14.7. The van der Waals surface area contributed by atoms with Crippen LogP contribution in [0.15, 0.2) is 36.4 Å². The Morgan fingerprint density at radius 1 is 1.00 bits per heavy atom. The number of thioether (sulfide) groups is 1. The maximum atomic E-state index is 11.9. The van der Waals surface area contributed by atoms with E-state index < -0.39 is 0 Å². The first-order valence-corrected chi connectivity index (χ1v) is 9.94. The zero-order chi connectivity index (χ0) is 18.9. The molecule has 0 aliphatic rings. The number of nitrogens with one attached hydrogen (secondary N) is 1. The Balaban J connectivity index is 1.71. The standard InChI is InChI=1S/C19H21Cl2NO3S/c1-24-17-6-4-13(10-18(17)25-2)7-8-22-19(23)12-26-11-14-3-5-15(20)16(21)9-14/h3-6,9-10H,7-8,11-12H2,1-2H3,(H,22,23). The highest BCUT2D eigenvalue weighted by molar-refractivity contribution is 7.99. The van der Waals surface area contributed by atoms with E-state index in [2.05, 4.69) is 5.32 Å². The Hall–Kier alpha value is -1.56. The molecule has 0 spiro atoms. The number of hydrogen-bond acceptors (Lipinski definition) is 4. The highest BCUT2D eigenvalue weighted by Gasteiger charge is 2.06. The Morgan fingerprint density at radius 3 is 2.42 bits per heavy atom. The van der Waals surface area contributed by atoms with Crippen LogP contribution in [0, 0.1) is 0 Å². The molecule has 0 unspecified atom stereocenters. The molecule has 0 saturated carbocycles. The molecule has 26 heavy (non-hydrogen) atoms. The smallest absolute Gasteiger partial charge is 0.230 e. The van der Waals surface area contributed by atoms with Crippen molar-refractivity contribution in [3.05, 3.63) is 57.6 Å². The molecular weight excluding hydrogens is 393 g/mol. The molecule has 0 aliphatic carbocycles. The summed E-state index contributed by atoms with van der Waals surface area (Å²) in [4.78, 5) is 11.9. The van der Waals surface area contributed by atoms with Crippen LogP contribution in [0.3, 0.4) is 0 Å². The lowest BCUT2D eigenvalue weighted by atomic mass is 10.1. The normalized spacial score (nSPS) is 10.5. The molecule has 0 aromatic heterocycles. The van der Waals surface area contributed by atoms with Gasteiger partial charge in [-0.25, -0.2) is 0 Å². The number of hydrogen-bond donors (Lipinski definition) is 1. The Bertz CT molecular complexity index is 756. The molecule has 1 N–H and O–H groups in total. The van der Waals surface area contributed by atoms with Gasteiger partial charge in [-0.15, -0.1) is 11.8 Å². The van der Waals surface area contributed by atoms with Crippen LogP contribution in [0.1, 0.15) is 11.1 Å². The highest BCUT2D eigenvalue weighted by atomic mass is 35.5. The minimum atomic E-state index is 0.00976. The number of benzene rings is 2. The molecule has 0 fully saturated rings. The molecule has 7 heteroatoms. The van der Waals surface area contributed by atoms with E-state index in [-0.39, 0.29) is 5.91 Å². The molecule has 140 valence electrons. The molecule has 2 aromatic rings. The minimum absolute atomic E-state index is 0.00976. The largest absolute Gasteiger partial charge is 0.493 e. The van der Waals surface area contributed by atoms with Gasteiger partial charge in [0.2, 0.25) is 5.91 Å². The summed E-state index contributed by atoms with van der Waals surface area (Å²) in [5.41, 5.74) is 2.12. The van der Waals surface area contributed by atoms with Gasteiger partial charge >= 0.3 is 0 Å². The molecule has 2 rings (SSSR count). The van der Waals surface area contributed by atoms with Crippen LogP contribution < -0.4 is 14.8 Å². The van der Waals surface area contributed by atoms with Gasteiger partial charge in [0.05, 0.1) is 30.0 Å². The van der Waals surface area contributed by atoms with Gasteiger partial charge in [-0.05, 0) is 41.8 Å². The molecule has 1 amide bonds. The van der Waals surface area contributed by atoms with Crippen molar-refractivity contribution in [2.45, 2.75) is 12.2 Å². The number of amides is 1. The van der Waals surface area contributed by atoms with E-state index in [9.17, 15) is 4.79 Å². The Labute approximate surface area is 168 Å². The van der Waals surface area contributed by atoms with E-state index >= 15 is 0 Å². The first-order valence-electron chi connectivity index (χ1n) is 8.02. The van der Waals surface area contributed by atoms with Crippen molar-refractivity contribution in [1.82, 2.24) is 5.32 Å². The fourth-order valence-electron chi connectivity index (χ4n) is 2.32. The van der Waals surface area contributed by atoms with Gasteiger partial charge in [0, 0.05) is 12.3 Å². The third-order valence-corrected chi connectivity index (χ3v) is 5.41. The molecule has 0 bridgehead atoms. The third-order valence-electron chi connectivity index (χ3n) is 3.67. The monoisotopic (exact) mass is 413 g/mol. The van der Waals surface area contributed by atoms with Gasteiger partial charge in [-0.3, -0.25) is 4.79 Å². The van der Waals surface area contributed by atoms with Crippen LogP contribution in [0.4, 0.5) is 0 Å². The van der Waals surface area contributed by atoms with E-state index in [0.717, 1.165) is 17.5 Å². The van der Waals surface area contributed by atoms with Crippen molar-refractivity contribution in [3.63, 3.8) is 0 Å². The molecule has 0 saturated heterocycles. The van der Waals surface area contributed by atoms with E-state index in [4.69, 9.17) is 32.7 Å².